The second-order valence-corrected chi connectivity index (χ2v) is 15.2. The van der Waals surface area contributed by atoms with E-state index in [0.717, 1.165) is 85.3 Å². The highest BCUT2D eigenvalue weighted by molar-refractivity contribution is 6.14. The summed E-state index contributed by atoms with van der Waals surface area (Å²) in [5.41, 5.74) is 21.0. The number of nitrogens with two attached hydrogens (primary N) is 1. The predicted octanol–water partition coefficient (Wildman–Crippen LogP) is 11.4. The molecule has 0 amide bonds. The zero-order valence-corrected chi connectivity index (χ0v) is 31.4. The molecule has 1 aliphatic heterocycles. The van der Waals surface area contributed by atoms with Crippen LogP contribution in [0.5, 0.6) is 0 Å². The van der Waals surface area contributed by atoms with Crippen LogP contribution in [0.25, 0.3) is 11.6 Å². The number of allylic oxidation sites excluding steroid dienone is 16. The van der Waals surface area contributed by atoms with Crippen molar-refractivity contribution >= 4 is 23.2 Å². The molecule has 0 fully saturated rings. The van der Waals surface area contributed by atoms with Crippen LogP contribution in [-0.2, 0) is 6.42 Å². The first-order valence-electron chi connectivity index (χ1n) is 20.1. The summed E-state index contributed by atoms with van der Waals surface area (Å²) in [5.74, 6) is 1.65. The van der Waals surface area contributed by atoms with Gasteiger partial charge in [0.05, 0.1) is 23.1 Å². The first-order chi connectivity index (χ1) is 27.2. The first-order valence-corrected chi connectivity index (χ1v) is 20.1. The van der Waals surface area contributed by atoms with E-state index in [2.05, 4.69) is 146 Å². The van der Waals surface area contributed by atoms with E-state index in [1.165, 1.54) is 39.1 Å². The molecule has 5 aliphatic carbocycles. The van der Waals surface area contributed by atoms with Crippen molar-refractivity contribution < 1.29 is 0 Å². The number of nitrogens with zero attached hydrogens (tertiary/aromatic N) is 3. The Bertz CT molecular complexity index is 2330. The molecule has 4 atom stereocenters. The molecule has 272 valence electrons. The van der Waals surface area contributed by atoms with Crippen LogP contribution in [0.3, 0.4) is 0 Å². The molecule has 6 aliphatic rings. The van der Waals surface area contributed by atoms with E-state index in [4.69, 9.17) is 20.7 Å². The summed E-state index contributed by atoms with van der Waals surface area (Å²) in [6.07, 6.45) is 44.5. The van der Waals surface area contributed by atoms with E-state index >= 15 is 0 Å². The second kappa shape index (κ2) is 15.8. The van der Waals surface area contributed by atoms with Crippen molar-refractivity contribution in [3.05, 3.63) is 208 Å². The third kappa shape index (κ3) is 7.22. The topological polar surface area (TPSA) is 63.6 Å². The molecule has 1 aromatic heterocycles. The molecular weight excluding hydrogens is 669 g/mol. The number of amidine groups is 1. The van der Waals surface area contributed by atoms with Crippen molar-refractivity contribution in [2.24, 2.45) is 21.6 Å². The average Bonchev–Trinajstić information content (AvgIpc) is 3.28. The van der Waals surface area contributed by atoms with Gasteiger partial charge in [-0.1, -0.05) is 152 Å². The summed E-state index contributed by atoms with van der Waals surface area (Å²) >= 11 is 0. The molecule has 0 spiro atoms. The Morgan fingerprint density at radius 1 is 0.673 bits per heavy atom. The summed E-state index contributed by atoms with van der Waals surface area (Å²) in [6.45, 7) is 0. The fourth-order valence-corrected chi connectivity index (χ4v) is 8.92. The summed E-state index contributed by atoms with van der Waals surface area (Å²) < 4.78 is 0. The molecule has 2 aromatic carbocycles. The van der Waals surface area contributed by atoms with Crippen molar-refractivity contribution in [2.75, 3.05) is 0 Å². The summed E-state index contributed by atoms with van der Waals surface area (Å²) in [5, 5.41) is 0. The number of hydrogen-bond donors (Lipinski definition) is 1. The fraction of sp³-hybridized carbons (Fsp3) is 0.235. The maximum absolute atomic E-state index is 6.42. The van der Waals surface area contributed by atoms with Gasteiger partial charge in [0.1, 0.15) is 0 Å². The number of fused-ring (bicyclic) bond motifs is 1. The lowest BCUT2D eigenvalue weighted by Gasteiger charge is -2.30. The van der Waals surface area contributed by atoms with Crippen LogP contribution >= 0.6 is 0 Å². The van der Waals surface area contributed by atoms with Crippen LogP contribution in [0.4, 0.5) is 0 Å². The Hall–Kier alpha value is -5.87. The lowest BCUT2D eigenvalue weighted by Crippen LogP contribution is -2.24. The number of hydrogen-bond acceptors (Lipinski definition) is 4. The Morgan fingerprint density at radius 3 is 2.15 bits per heavy atom. The Morgan fingerprint density at radius 2 is 1.44 bits per heavy atom. The van der Waals surface area contributed by atoms with Crippen LogP contribution in [0.15, 0.2) is 179 Å². The van der Waals surface area contributed by atoms with Crippen molar-refractivity contribution in [1.29, 1.82) is 0 Å². The largest absolute Gasteiger partial charge is 0.404 e. The lowest BCUT2D eigenvalue weighted by atomic mass is 9.76. The van der Waals surface area contributed by atoms with Gasteiger partial charge in [-0.15, -0.1) is 0 Å². The number of rotatable bonds is 8. The highest BCUT2D eigenvalue weighted by Gasteiger charge is 2.31. The molecular formula is C51H48N4. The molecule has 4 nitrogen and oxygen atoms in total. The van der Waals surface area contributed by atoms with E-state index in [1.54, 1.807) is 6.20 Å². The minimum absolute atomic E-state index is 0.0391. The van der Waals surface area contributed by atoms with Crippen molar-refractivity contribution in [3.8, 4) is 0 Å². The van der Waals surface area contributed by atoms with Gasteiger partial charge in [-0.3, -0.25) is 9.98 Å². The molecule has 2 N–H and O–H groups in total. The van der Waals surface area contributed by atoms with Gasteiger partial charge in [0, 0.05) is 41.5 Å². The highest BCUT2D eigenvalue weighted by Crippen LogP contribution is 2.44. The third-order valence-corrected chi connectivity index (χ3v) is 11.8. The minimum Gasteiger partial charge on any atom is -0.404 e. The monoisotopic (exact) mass is 716 g/mol. The molecule has 3 aromatic rings. The fourth-order valence-electron chi connectivity index (χ4n) is 8.92. The van der Waals surface area contributed by atoms with Gasteiger partial charge in [0.2, 0.25) is 0 Å². The summed E-state index contributed by atoms with van der Waals surface area (Å²) in [7, 11) is 0. The number of benzene rings is 2. The van der Waals surface area contributed by atoms with Crippen LogP contribution in [-0.4, -0.2) is 22.6 Å². The van der Waals surface area contributed by atoms with Crippen molar-refractivity contribution in [3.63, 3.8) is 0 Å². The number of aliphatic imine (C=N–C) groups is 2. The molecule has 4 unspecified atom stereocenters. The van der Waals surface area contributed by atoms with Crippen LogP contribution in [0.2, 0.25) is 0 Å². The predicted molar refractivity (Wildman–Crippen MR) is 230 cm³/mol. The standard InChI is InChI=1S/C51H48N4/c52-34-45(37-15-5-1-6-16-37)50-44-24-14-13-23-43(44)48(49(55-50)41-19-9-3-10-20-41)40-31-27-36(28-32-40)35-25-29-39(30-26-35)47-33-46(38-17-7-2-8-18-38)53-51(54-47)42-21-11-4-12-22-42/h2-5,7-13,15-19,21-23,25,27-31,34-35,40-41,47H,1,6,14,20,24,26,32-33,52H2. The van der Waals surface area contributed by atoms with E-state index in [9.17, 15) is 0 Å². The molecule has 0 radical (unpaired) electrons. The van der Waals surface area contributed by atoms with E-state index < -0.39 is 0 Å². The average molecular weight is 717 g/mol. The van der Waals surface area contributed by atoms with Crippen molar-refractivity contribution in [1.82, 2.24) is 4.98 Å². The zero-order valence-electron chi connectivity index (χ0n) is 31.4. The van der Waals surface area contributed by atoms with Gasteiger partial charge in [0.15, 0.2) is 5.84 Å². The van der Waals surface area contributed by atoms with Gasteiger partial charge >= 0.3 is 0 Å². The SMILES string of the molecule is NC=C(C1=CCCC=C1)c1nc(C2C=CC=CC2)c(C2C=CC(C3C=CC(C4CC(c5ccccc5)=NC(c5ccccc5)=N4)=CC3)=CC2)c2c1CCC=C2. The van der Waals surface area contributed by atoms with Crippen molar-refractivity contribution in [2.45, 2.75) is 69.2 Å². The lowest BCUT2D eigenvalue weighted by molar-refractivity contribution is 0.711. The van der Waals surface area contributed by atoms with Gasteiger partial charge in [-0.25, -0.2) is 4.99 Å². The maximum atomic E-state index is 6.42. The molecule has 9 rings (SSSR count). The molecule has 0 bridgehead atoms. The van der Waals surface area contributed by atoms with Crippen LogP contribution < -0.4 is 5.73 Å². The summed E-state index contributed by atoms with van der Waals surface area (Å²) in [4.78, 5) is 15.9. The second-order valence-electron chi connectivity index (χ2n) is 15.2. The molecule has 55 heavy (non-hydrogen) atoms. The van der Waals surface area contributed by atoms with Gasteiger partial charge in [-0.2, -0.15) is 0 Å². The maximum Gasteiger partial charge on any atom is 0.155 e. The van der Waals surface area contributed by atoms with E-state index in [-0.39, 0.29) is 17.9 Å². The minimum atomic E-state index is 0.0391. The summed E-state index contributed by atoms with van der Waals surface area (Å²) in [6, 6.07) is 21.0. The highest BCUT2D eigenvalue weighted by atomic mass is 15.0. The normalized spacial score (nSPS) is 24.4. The Balaban J connectivity index is 0.980. The quantitative estimate of drug-likeness (QED) is 0.252. The smallest absolute Gasteiger partial charge is 0.155 e. The number of aromatic nitrogens is 1. The molecule has 0 saturated carbocycles. The molecule has 2 heterocycles. The van der Waals surface area contributed by atoms with E-state index in [1.807, 2.05) is 6.07 Å². The van der Waals surface area contributed by atoms with Gasteiger partial charge < -0.3 is 5.73 Å². The third-order valence-electron chi connectivity index (χ3n) is 11.8. The first kappa shape index (κ1) is 34.9. The molecule has 4 heteroatoms. The Labute approximate surface area is 325 Å². The van der Waals surface area contributed by atoms with Crippen LogP contribution in [0, 0.1) is 5.92 Å². The van der Waals surface area contributed by atoms with E-state index in [0.29, 0.717) is 5.92 Å². The van der Waals surface area contributed by atoms with Gasteiger partial charge in [0.25, 0.3) is 0 Å². The number of pyridine rings is 1. The zero-order chi connectivity index (χ0) is 37.0. The Kier molecular flexibility index (Phi) is 10.0. The van der Waals surface area contributed by atoms with Gasteiger partial charge in [-0.05, 0) is 83.9 Å². The molecule has 0 saturated heterocycles. The van der Waals surface area contributed by atoms with Crippen LogP contribution in [0.1, 0.15) is 96.0 Å².